The fourth-order valence-electron chi connectivity index (χ4n) is 5.13. The number of amides is 1. The highest BCUT2D eigenvalue weighted by molar-refractivity contribution is 6.05. The number of fused-ring (bicyclic) bond motifs is 1. The number of hydrogen-bond donors (Lipinski definition) is 1. The third-order valence-electron chi connectivity index (χ3n) is 6.84. The molecule has 0 radical (unpaired) electrons. The molecule has 1 amide bonds. The smallest absolute Gasteiger partial charge is 0.235 e. The van der Waals surface area contributed by atoms with E-state index in [1.165, 1.54) is 10.6 Å². The van der Waals surface area contributed by atoms with Crippen molar-refractivity contribution in [1.82, 2.24) is 4.90 Å². The molecule has 0 unspecified atom stereocenters. The average molecular weight is 450 g/mol. The molecule has 3 aliphatic rings. The number of β-lactam (4-membered cyclic amide) rings is 1. The summed E-state index contributed by atoms with van der Waals surface area (Å²) >= 11 is 0. The zero-order valence-corrected chi connectivity index (χ0v) is 18.5. The quantitative estimate of drug-likeness (QED) is 0.490. The maximum absolute atomic E-state index is 12.4. The lowest BCUT2D eigenvalue weighted by Crippen LogP contribution is -2.62. The monoisotopic (exact) mass is 449 g/mol. The van der Waals surface area contributed by atoms with Crippen molar-refractivity contribution in [2.45, 2.75) is 32.0 Å². The lowest BCUT2D eigenvalue weighted by Gasteiger charge is -2.45. The second kappa shape index (κ2) is 8.61. The van der Waals surface area contributed by atoms with E-state index in [1.54, 1.807) is 6.92 Å². The number of rotatable bonds is 6. The van der Waals surface area contributed by atoms with Crippen molar-refractivity contribution in [2.24, 2.45) is 5.92 Å². The molecule has 4 heterocycles. The summed E-state index contributed by atoms with van der Waals surface area (Å²) in [4.78, 5) is 27.8. The van der Waals surface area contributed by atoms with E-state index in [1.807, 2.05) is 24.3 Å². The number of carbonyl (C=O) groups is 2. The average Bonchev–Trinajstić information content (AvgIpc) is 3.16. The zero-order valence-electron chi connectivity index (χ0n) is 18.5. The number of pyridine rings is 1. The Balaban J connectivity index is 1.31. The fourth-order valence-corrected chi connectivity index (χ4v) is 5.13. The van der Waals surface area contributed by atoms with Gasteiger partial charge < -0.3 is 29.5 Å². The van der Waals surface area contributed by atoms with E-state index >= 15 is 0 Å². The van der Waals surface area contributed by atoms with E-state index in [4.69, 9.17) is 4.74 Å². The van der Waals surface area contributed by atoms with Gasteiger partial charge in [0.1, 0.15) is 0 Å². The number of aliphatic hydroxyl groups is 1. The molecule has 1 aromatic heterocycles. The van der Waals surface area contributed by atoms with Crippen molar-refractivity contribution >= 4 is 23.1 Å². The summed E-state index contributed by atoms with van der Waals surface area (Å²) in [5.74, 6) is -2.27. The van der Waals surface area contributed by atoms with Crippen molar-refractivity contribution < 1.29 is 29.1 Å². The van der Waals surface area contributed by atoms with E-state index in [2.05, 4.69) is 34.0 Å². The number of aromatic nitrogens is 1. The van der Waals surface area contributed by atoms with Gasteiger partial charge in [-0.2, -0.15) is 0 Å². The van der Waals surface area contributed by atoms with Gasteiger partial charge in [-0.15, -0.1) is 0 Å². The molecule has 8 nitrogen and oxygen atoms in total. The Labute approximate surface area is 192 Å². The van der Waals surface area contributed by atoms with Crippen LogP contribution in [-0.2, 0) is 20.9 Å². The first-order valence-electron chi connectivity index (χ1n) is 11.3. The van der Waals surface area contributed by atoms with Crippen molar-refractivity contribution in [3.63, 3.8) is 0 Å². The first-order chi connectivity index (χ1) is 15.9. The van der Waals surface area contributed by atoms with Crippen LogP contribution in [0.2, 0.25) is 0 Å². The molecule has 1 aromatic carbocycles. The molecule has 5 rings (SSSR count). The topological polar surface area (TPSA) is 97.0 Å². The van der Waals surface area contributed by atoms with Gasteiger partial charge in [0.05, 0.1) is 42.9 Å². The summed E-state index contributed by atoms with van der Waals surface area (Å²) in [6.07, 6.45) is 3.70. The minimum Gasteiger partial charge on any atom is -0.543 e. The number of anilines is 1. The standard InChI is InChI=1S/C25H27N3O5/c1-16(29)22-21-14-20(23(25(31)32)28(21)24(22)30)18-4-2-17(3-5-18)15-26-8-6-19(7-9-26)27-10-12-33-13-11-27/h2-9,16,21-22,29H,10-15H2,1H3/t16-,21-,22-/m1/s1. The molecule has 3 aliphatic heterocycles. The number of aliphatic carboxylic acids is 1. The van der Waals surface area contributed by atoms with Gasteiger partial charge in [0.2, 0.25) is 5.91 Å². The maximum Gasteiger partial charge on any atom is 0.235 e. The zero-order chi connectivity index (χ0) is 23.1. The predicted octanol–water partition coefficient (Wildman–Crippen LogP) is -0.0685. The maximum atomic E-state index is 12.4. The van der Waals surface area contributed by atoms with Gasteiger partial charge in [0.25, 0.3) is 0 Å². The van der Waals surface area contributed by atoms with Gasteiger partial charge in [-0.05, 0) is 24.5 Å². The van der Waals surface area contributed by atoms with Gasteiger partial charge in [-0.3, -0.25) is 4.79 Å². The van der Waals surface area contributed by atoms with Crippen LogP contribution in [0.25, 0.3) is 5.57 Å². The third-order valence-corrected chi connectivity index (χ3v) is 6.84. The number of carboxylic acid groups (broad SMARTS) is 1. The second-order valence-electron chi connectivity index (χ2n) is 8.89. The summed E-state index contributed by atoms with van der Waals surface area (Å²) in [5, 5.41) is 21.7. The molecule has 0 spiro atoms. The van der Waals surface area contributed by atoms with Crippen molar-refractivity contribution in [3.8, 4) is 0 Å². The summed E-state index contributed by atoms with van der Waals surface area (Å²) in [6.45, 7) is 5.56. The lowest BCUT2D eigenvalue weighted by molar-refractivity contribution is -0.688. The molecule has 1 N–H and O–H groups in total. The van der Waals surface area contributed by atoms with E-state index in [-0.39, 0.29) is 17.6 Å². The van der Waals surface area contributed by atoms with Gasteiger partial charge in [0.15, 0.2) is 18.9 Å². The highest BCUT2D eigenvalue weighted by Gasteiger charge is 2.55. The molecule has 172 valence electrons. The van der Waals surface area contributed by atoms with Crippen LogP contribution in [0, 0.1) is 5.92 Å². The first kappa shape index (κ1) is 21.6. The lowest BCUT2D eigenvalue weighted by atomic mass is 9.82. The van der Waals surface area contributed by atoms with Crippen LogP contribution in [0.1, 0.15) is 24.5 Å². The van der Waals surface area contributed by atoms with Crippen molar-refractivity contribution in [2.75, 3.05) is 31.2 Å². The van der Waals surface area contributed by atoms with Crippen LogP contribution < -0.4 is 14.6 Å². The number of aliphatic hydroxyl groups excluding tert-OH is 1. The van der Waals surface area contributed by atoms with Crippen LogP contribution in [0.15, 0.2) is 54.5 Å². The molecule has 0 bridgehead atoms. The Bertz CT molecular complexity index is 1090. The summed E-state index contributed by atoms with van der Waals surface area (Å²) in [5.41, 5.74) is 3.55. The minimum absolute atomic E-state index is 0.0669. The Hall–Kier alpha value is -3.23. The number of carbonyl (C=O) groups excluding carboxylic acids is 2. The SMILES string of the molecule is C[C@@H](O)[C@H]1C(=O)N2C(C(=O)[O-])=C(c3ccc(C[n+]4ccc(N5CCOCC5)cc4)cc3)C[C@H]12. The van der Waals surface area contributed by atoms with Gasteiger partial charge >= 0.3 is 0 Å². The molecule has 2 saturated heterocycles. The first-order valence-corrected chi connectivity index (χ1v) is 11.3. The third kappa shape index (κ3) is 3.89. The molecule has 3 atom stereocenters. The number of ether oxygens (including phenoxy) is 1. The molecule has 8 heteroatoms. The van der Waals surface area contributed by atoms with E-state index in [0.717, 1.165) is 37.4 Å². The highest BCUT2D eigenvalue weighted by Crippen LogP contribution is 2.46. The molecule has 2 fully saturated rings. The summed E-state index contributed by atoms with van der Waals surface area (Å²) in [7, 11) is 0. The van der Waals surface area contributed by atoms with Crippen molar-refractivity contribution in [3.05, 3.63) is 65.6 Å². The Morgan fingerprint density at radius 2 is 1.85 bits per heavy atom. The number of carboxylic acids is 1. The molecule has 0 aliphatic carbocycles. The number of benzene rings is 1. The summed E-state index contributed by atoms with van der Waals surface area (Å²) in [6, 6.07) is 11.6. The largest absolute Gasteiger partial charge is 0.543 e. The Morgan fingerprint density at radius 1 is 1.18 bits per heavy atom. The van der Waals surface area contributed by atoms with Gasteiger partial charge in [-0.25, -0.2) is 4.57 Å². The molecule has 33 heavy (non-hydrogen) atoms. The van der Waals surface area contributed by atoms with Crippen LogP contribution in [0.5, 0.6) is 0 Å². The van der Waals surface area contributed by atoms with Crippen LogP contribution in [-0.4, -0.2) is 60.3 Å². The van der Waals surface area contributed by atoms with Crippen LogP contribution >= 0.6 is 0 Å². The number of hydrogen-bond acceptors (Lipinski definition) is 6. The molecule has 0 saturated carbocycles. The second-order valence-corrected chi connectivity index (χ2v) is 8.89. The van der Waals surface area contributed by atoms with E-state index < -0.39 is 18.0 Å². The van der Waals surface area contributed by atoms with E-state index in [0.29, 0.717) is 18.5 Å². The summed E-state index contributed by atoms with van der Waals surface area (Å²) < 4.78 is 7.51. The molecular weight excluding hydrogens is 422 g/mol. The molecular formula is C25H27N3O5. The van der Waals surface area contributed by atoms with Crippen LogP contribution in [0.3, 0.4) is 0 Å². The van der Waals surface area contributed by atoms with Gasteiger partial charge in [0, 0.05) is 36.5 Å². The Morgan fingerprint density at radius 3 is 2.45 bits per heavy atom. The number of morpholine rings is 1. The molecule has 2 aromatic rings. The minimum atomic E-state index is -1.36. The highest BCUT2D eigenvalue weighted by atomic mass is 16.5. The predicted molar refractivity (Wildman–Crippen MR) is 118 cm³/mol. The normalized spacial score (nSPS) is 23.4. The Kier molecular flexibility index (Phi) is 5.64. The fraction of sp³-hybridized carbons (Fsp3) is 0.400. The van der Waals surface area contributed by atoms with Crippen LogP contribution in [0.4, 0.5) is 5.69 Å². The van der Waals surface area contributed by atoms with Crippen molar-refractivity contribution in [1.29, 1.82) is 0 Å². The van der Waals surface area contributed by atoms with E-state index in [9.17, 15) is 19.8 Å². The van der Waals surface area contributed by atoms with Gasteiger partial charge in [-0.1, -0.05) is 24.3 Å². The number of nitrogens with zero attached hydrogens (tertiary/aromatic N) is 3.